The predicted molar refractivity (Wildman–Crippen MR) is 88.2 cm³/mol. The Morgan fingerprint density at radius 1 is 1.29 bits per heavy atom. The highest BCUT2D eigenvalue weighted by Crippen LogP contribution is 2.27. The second kappa shape index (κ2) is 7.02. The number of ether oxygens (including phenoxy) is 1. The number of nitrogens with two attached hydrogens (primary N) is 1. The van der Waals surface area contributed by atoms with E-state index in [0.717, 1.165) is 32.6 Å². The molecule has 21 heavy (non-hydrogen) atoms. The van der Waals surface area contributed by atoms with E-state index >= 15 is 0 Å². The molecule has 2 aromatic rings. The molecule has 0 aliphatic carbocycles. The van der Waals surface area contributed by atoms with E-state index in [9.17, 15) is 0 Å². The van der Waals surface area contributed by atoms with E-state index < -0.39 is 0 Å². The molecule has 0 saturated heterocycles. The molecule has 0 amide bonds. The summed E-state index contributed by atoms with van der Waals surface area (Å²) in [6, 6.07) is 8.13. The lowest BCUT2D eigenvalue weighted by molar-refractivity contribution is 0.406. The van der Waals surface area contributed by atoms with Crippen LogP contribution in [0.25, 0.3) is 0 Å². The molecule has 112 valence electrons. The number of halogens is 1. The molecule has 0 bridgehead atoms. The van der Waals surface area contributed by atoms with Crippen LogP contribution in [0.4, 0.5) is 0 Å². The van der Waals surface area contributed by atoms with Crippen LogP contribution in [0.1, 0.15) is 28.4 Å². The number of hydrogen-bond acceptors (Lipinski definition) is 4. The zero-order valence-electron chi connectivity index (χ0n) is 12.5. The Kier molecular flexibility index (Phi) is 5.33. The first kappa shape index (κ1) is 15.9. The molecule has 3 N–H and O–H groups in total. The Morgan fingerprint density at radius 3 is 2.52 bits per heavy atom. The van der Waals surface area contributed by atoms with Crippen molar-refractivity contribution in [2.75, 3.05) is 7.11 Å². The number of rotatable bonds is 5. The van der Waals surface area contributed by atoms with E-state index in [1.807, 2.05) is 32.2 Å². The number of nitrogens with one attached hydrogen (secondary N) is 1. The average Bonchev–Trinajstić information content (AvgIpc) is 2.48. The maximum absolute atomic E-state index is 5.72. The quantitative estimate of drug-likeness (QED) is 0.642. The molecule has 1 unspecified atom stereocenters. The number of hydrogen-bond donors (Lipinski definition) is 2. The van der Waals surface area contributed by atoms with Crippen LogP contribution in [0.3, 0.4) is 0 Å². The van der Waals surface area contributed by atoms with Gasteiger partial charge in [-0.15, -0.1) is 0 Å². The minimum absolute atomic E-state index is 0.0108. The molecule has 0 spiro atoms. The maximum Gasteiger partial charge on any atom is 0.128 e. The molecule has 0 aliphatic rings. The number of benzene rings is 1. The highest BCUT2D eigenvalue weighted by molar-refractivity contribution is 9.10. The Bertz CT molecular complexity index is 614. The topological polar surface area (TPSA) is 60.2 Å². The van der Waals surface area contributed by atoms with Gasteiger partial charge in [-0.05, 0) is 31.5 Å². The van der Waals surface area contributed by atoms with E-state index in [-0.39, 0.29) is 6.04 Å². The van der Waals surface area contributed by atoms with Crippen LogP contribution in [0.5, 0.6) is 5.75 Å². The number of nitrogens with zero attached hydrogens (tertiary/aromatic N) is 1. The van der Waals surface area contributed by atoms with E-state index in [0.29, 0.717) is 6.42 Å². The molecule has 5 heteroatoms. The lowest BCUT2D eigenvalue weighted by atomic mass is 9.99. The lowest BCUT2D eigenvalue weighted by Crippen LogP contribution is -2.30. The molecule has 1 aromatic carbocycles. The number of methoxy groups -OCH3 is 1. The summed E-state index contributed by atoms with van der Waals surface area (Å²) in [5.41, 5.74) is 7.09. The number of aryl methyl sites for hydroxylation is 1. The first-order valence-corrected chi connectivity index (χ1v) is 7.56. The van der Waals surface area contributed by atoms with Gasteiger partial charge >= 0.3 is 0 Å². The van der Waals surface area contributed by atoms with Gasteiger partial charge in [-0.1, -0.05) is 28.1 Å². The molecule has 1 heterocycles. The summed E-state index contributed by atoms with van der Waals surface area (Å²) in [7, 11) is 1.69. The van der Waals surface area contributed by atoms with Crippen molar-refractivity contribution < 1.29 is 4.74 Å². The molecular weight excluding hydrogens is 330 g/mol. The summed E-state index contributed by atoms with van der Waals surface area (Å²) < 4.78 is 6.50. The molecule has 0 saturated carbocycles. The Morgan fingerprint density at radius 2 is 1.95 bits per heavy atom. The Labute approximate surface area is 133 Å². The molecule has 0 fully saturated rings. The standard InChI is InChI=1S/C16H20BrN3O/c1-10-9-19-14(11(2)16(10)21-3)8-15(20-18)12-4-6-13(17)7-5-12/h4-7,9,15,20H,8,18H2,1-3H3. The molecule has 0 radical (unpaired) electrons. The van der Waals surface area contributed by atoms with Gasteiger partial charge in [-0.25, -0.2) is 0 Å². The van der Waals surface area contributed by atoms with Gasteiger partial charge in [0, 0.05) is 33.9 Å². The van der Waals surface area contributed by atoms with Crippen LogP contribution in [0, 0.1) is 13.8 Å². The third-order valence-electron chi connectivity index (χ3n) is 3.62. The van der Waals surface area contributed by atoms with Crippen molar-refractivity contribution in [2.24, 2.45) is 5.84 Å². The van der Waals surface area contributed by atoms with Crippen LogP contribution in [-0.4, -0.2) is 12.1 Å². The van der Waals surface area contributed by atoms with Crippen molar-refractivity contribution in [1.29, 1.82) is 0 Å². The highest BCUT2D eigenvalue weighted by atomic mass is 79.9. The fourth-order valence-corrected chi connectivity index (χ4v) is 2.70. The van der Waals surface area contributed by atoms with Gasteiger partial charge in [0.05, 0.1) is 13.2 Å². The van der Waals surface area contributed by atoms with E-state index in [2.05, 4.69) is 38.5 Å². The fourth-order valence-electron chi connectivity index (χ4n) is 2.44. The largest absolute Gasteiger partial charge is 0.496 e. The summed E-state index contributed by atoms with van der Waals surface area (Å²) >= 11 is 3.44. The predicted octanol–water partition coefficient (Wildman–Crippen LogP) is 3.22. The minimum Gasteiger partial charge on any atom is -0.496 e. The number of aromatic nitrogens is 1. The first-order chi connectivity index (χ1) is 10.1. The number of pyridine rings is 1. The molecule has 2 rings (SSSR count). The SMILES string of the molecule is COc1c(C)cnc(CC(NN)c2ccc(Br)cc2)c1C. The summed E-state index contributed by atoms with van der Waals surface area (Å²) in [5.74, 6) is 6.62. The van der Waals surface area contributed by atoms with Gasteiger partial charge in [0.15, 0.2) is 0 Å². The summed E-state index contributed by atoms with van der Waals surface area (Å²) in [6.07, 6.45) is 2.55. The lowest BCUT2D eigenvalue weighted by Gasteiger charge is -2.19. The molecule has 0 aliphatic heterocycles. The van der Waals surface area contributed by atoms with Crippen LogP contribution in [-0.2, 0) is 6.42 Å². The monoisotopic (exact) mass is 349 g/mol. The molecule has 1 atom stereocenters. The van der Waals surface area contributed by atoms with Crippen molar-refractivity contribution in [3.8, 4) is 5.75 Å². The van der Waals surface area contributed by atoms with Crippen molar-refractivity contribution in [1.82, 2.24) is 10.4 Å². The first-order valence-electron chi connectivity index (χ1n) is 6.77. The van der Waals surface area contributed by atoms with Gasteiger partial charge < -0.3 is 4.74 Å². The third-order valence-corrected chi connectivity index (χ3v) is 4.15. The van der Waals surface area contributed by atoms with Gasteiger partial charge in [0.25, 0.3) is 0 Å². The summed E-state index contributed by atoms with van der Waals surface area (Å²) in [6.45, 7) is 4.03. The van der Waals surface area contributed by atoms with Crippen molar-refractivity contribution in [2.45, 2.75) is 26.3 Å². The van der Waals surface area contributed by atoms with Crippen molar-refractivity contribution in [3.05, 3.63) is 57.3 Å². The van der Waals surface area contributed by atoms with E-state index in [1.165, 1.54) is 0 Å². The second-order valence-corrected chi connectivity index (χ2v) is 5.94. The van der Waals surface area contributed by atoms with Crippen molar-refractivity contribution in [3.63, 3.8) is 0 Å². The van der Waals surface area contributed by atoms with Crippen LogP contribution >= 0.6 is 15.9 Å². The smallest absolute Gasteiger partial charge is 0.128 e. The zero-order chi connectivity index (χ0) is 15.4. The summed E-state index contributed by atoms with van der Waals surface area (Å²) in [4.78, 5) is 4.53. The molecule has 4 nitrogen and oxygen atoms in total. The average molecular weight is 350 g/mol. The van der Waals surface area contributed by atoms with Gasteiger partial charge in [-0.3, -0.25) is 16.3 Å². The zero-order valence-corrected chi connectivity index (χ0v) is 14.1. The molecular formula is C16H20BrN3O. The maximum atomic E-state index is 5.72. The van der Waals surface area contributed by atoms with Gasteiger partial charge in [0.2, 0.25) is 0 Å². The highest BCUT2D eigenvalue weighted by Gasteiger charge is 2.16. The van der Waals surface area contributed by atoms with Crippen molar-refractivity contribution >= 4 is 15.9 Å². The fraction of sp³-hybridized carbons (Fsp3) is 0.312. The van der Waals surface area contributed by atoms with Crippen LogP contribution in [0.15, 0.2) is 34.9 Å². The van der Waals surface area contributed by atoms with Gasteiger partial charge in [-0.2, -0.15) is 0 Å². The van der Waals surface area contributed by atoms with Crippen LogP contribution in [0.2, 0.25) is 0 Å². The Balaban J connectivity index is 2.29. The number of hydrazine groups is 1. The third kappa shape index (κ3) is 3.61. The van der Waals surface area contributed by atoms with Gasteiger partial charge in [0.1, 0.15) is 5.75 Å². The van der Waals surface area contributed by atoms with E-state index in [4.69, 9.17) is 10.6 Å². The normalized spacial score (nSPS) is 12.2. The van der Waals surface area contributed by atoms with E-state index in [1.54, 1.807) is 7.11 Å². The molecule has 1 aromatic heterocycles. The Hall–Kier alpha value is -1.43. The second-order valence-electron chi connectivity index (χ2n) is 5.02. The van der Waals surface area contributed by atoms with Crippen LogP contribution < -0.4 is 16.0 Å². The minimum atomic E-state index is 0.0108. The summed E-state index contributed by atoms with van der Waals surface area (Å²) in [5, 5.41) is 0.